The van der Waals surface area contributed by atoms with E-state index in [-0.39, 0.29) is 11.9 Å². The van der Waals surface area contributed by atoms with Gasteiger partial charge in [0.2, 0.25) is 0 Å². The van der Waals surface area contributed by atoms with Crippen LogP contribution in [-0.4, -0.2) is 39.3 Å². The van der Waals surface area contributed by atoms with Crippen LogP contribution in [0.3, 0.4) is 0 Å². The van der Waals surface area contributed by atoms with Gasteiger partial charge < -0.3 is 14.6 Å². The standard InChI is InChI=1S/C17H19N5O2/c1-12(22-8-7-18-11-22)10-19-17(23)16-9-15(20-21-16)13-3-5-14(24-2)6-4-13/h3-9,11-12H,10H2,1-2H3,(H,19,23)(H,20,21)/t12-/m0/s1. The molecule has 2 heterocycles. The predicted molar refractivity (Wildman–Crippen MR) is 89.8 cm³/mol. The number of carbonyl (C=O) groups excluding carboxylic acids is 1. The van der Waals surface area contributed by atoms with Crippen LogP contribution in [0.1, 0.15) is 23.5 Å². The molecule has 1 aromatic carbocycles. The summed E-state index contributed by atoms with van der Waals surface area (Å²) in [5.41, 5.74) is 2.06. The number of methoxy groups -OCH3 is 1. The Kier molecular flexibility index (Phi) is 4.60. The molecule has 0 saturated carbocycles. The zero-order valence-electron chi connectivity index (χ0n) is 13.6. The van der Waals surface area contributed by atoms with Crippen molar-refractivity contribution in [3.05, 3.63) is 54.7 Å². The van der Waals surface area contributed by atoms with Crippen molar-refractivity contribution in [2.24, 2.45) is 0 Å². The molecule has 3 rings (SSSR count). The molecule has 0 unspecified atom stereocenters. The van der Waals surface area contributed by atoms with Gasteiger partial charge >= 0.3 is 0 Å². The van der Waals surface area contributed by atoms with E-state index in [0.717, 1.165) is 11.3 Å². The van der Waals surface area contributed by atoms with Crippen LogP contribution >= 0.6 is 0 Å². The van der Waals surface area contributed by atoms with E-state index in [2.05, 4.69) is 20.5 Å². The number of nitrogens with zero attached hydrogens (tertiary/aromatic N) is 3. The highest BCUT2D eigenvalue weighted by Crippen LogP contribution is 2.21. The molecule has 0 saturated heterocycles. The number of imidazole rings is 1. The lowest BCUT2D eigenvalue weighted by Crippen LogP contribution is -2.29. The first-order chi connectivity index (χ1) is 11.7. The van der Waals surface area contributed by atoms with E-state index >= 15 is 0 Å². The summed E-state index contributed by atoms with van der Waals surface area (Å²) in [5, 5.41) is 9.87. The number of rotatable bonds is 6. The molecule has 24 heavy (non-hydrogen) atoms. The summed E-state index contributed by atoms with van der Waals surface area (Å²) in [6, 6.07) is 9.38. The molecular formula is C17H19N5O2. The number of ether oxygens (including phenoxy) is 1. The molecule has 0 aliphatic rings. The van der Waals surface area contributed by atoms with E-state index in [1.54, 1.807) is 25.7 Å². The first-order valence-corrected chi connectivity index (χ1v) is 7.63. The Morgan fingerprint density at radius 1 is 1.38 bits per heavy atom. The van der Waals surface area contributed by atoms with Gasteiger partial charge in [0.1, 0.15) is 11.4 Å². The van der Waals surface area contributed by atoms with Crippen LogP contribution in [0.15, 0.2) is 49.1 Å². The third-order valence-electron chi connectivity index (χ3n) is 3.80. The van der Waals surface area contributed by atoms with Gasteiger partial charge in [0.05, 0.1) is 19.1 Å². The van der Waals surface area contributed by atoms with Gasteiger partial charge in [-0.3, -0.25) is 9.89 Å². The van der Waals surface area contributed by atoms with Crippen LogP contribution in [0.5, 0.6) is 5.75 Å². The average molecular weight is 325 g/mol. The maximum atomic E-state index is 12.2. The lowest BCUT2D eigenvalue weighted by molar-refractivity contribution is 0.0943. The molecule has 0 spiro atoms. The van der Waals surface area contributed by atoms with Crippen LogP contribution in [0.25, 0.3) is 11.3 Å². The summed E-state index contributed by atoms with van der Waals surface area (Å²) >= 11 is 0. The zero-order chi connectivity index (χ0) is 16.9. The second-order valence-corrected chi connectivity index (χ2v) is 5.46. The molecule has 0 fully saturated rings. The number of nitrogens with one attached hydrogen (secondary N) is 2. The lowest BCUT2D eigenvalue weighted by atomic mass is 10.1. The van der Waals surface area contributed by atoms with Gasteiger partial charge in [0.25, 0.3) is 5.91 Å². The second kappa shape index (κ2) is 6.99. The monoisotopic (exact) mass is 325 g/mol. The normalized spacial score (nSPS) is 11.9. The zero-order valence-corrected chi connectivity index (χ0v) is 13.6. The molecule has 0 radical (unpaired) electrons. The van der Waals surface area contributed by atoms with Gasteiger partial charge in [0.15, 0.2) is 0 Å². The summed E-state index contributed by atoms with van der Waals surface area (Å²) < 4.78 is 7.08. The van der Waals surface area contributed by atoms with Gasteiger partial charge in [0, 0.05) is 30.5 Å². The average Bonchev–Trinajstić information content (AvgIpc) is 3.31. The van der Waals surface area contributed by atoms with E-state index in [1.807, 2.05) is 42.0 Å². The fourth-order valence-corrected chi connectivity index (χ4v) is 2.32. The number of hydrogen-bond donors (Lipinski definition) is 2. The van der Waals surface area contributed by atoms with Gasteiger partial charge in [-0.1, -0.05) is 0 Å². The molecule has 3 aromatic rings. The van der Waals surface area contributed by atoms with E-state index < -0.39 is 0 Å². The molecule has 124 valence electrons. The summed E-state index contributed by atoms with van der Waals surface area (Å²) in [7, 11) is 1.62. The first-order valence-electron chi connectivity index (χ1n) is 7.63. The van der Waals surface area contributed by atoms with Crippen molar-refractivity contribution in [2.45, 2.75) is 13.0 Å². The fourth-order valence-electron chi connectivity index (χ4n) is 2.32. The van der Waals surface area contributed by atoms with E-state index in [4.69, 9.17) is 4.74 Å². The van der Waals surface area contributed by atoms with E-state index in [1.165, 1.54) is 0 Å². The Balaban J connectivity index is 1.62. The quantitative estimate of drug-likeness (QED) is 0.728. The van der Waals surface area contributed by atoms with Crippen LogP contribution in [0.2, 0.25) is 0 Å². The van der Waals surface area contributed by atoms with Crippen molar-refractivity contribution in [1.82, 2.24) is 25.1 Å². The summed E-state index contributed by atoms with van der Waals surface area (Å²) in [6.45, 7) is 2.52. The first kappa shape index (κ1) is 15.8. The molecule has 7 nitrogen and oxygen atoms in total. The summed E-state index contributed by atoms with van der Waals surface area (Å²) in [6.07, 6.45) is 5.32. The smallest absolute Gasteiger partial charge is 0.269 e. The van der Waals surface area contributed by atoms with Crippen LogP contribution in [0.4, 0.5) is 0 Å². The minimum atomic E-state index is -0.186. The molecule has 0 aliphatic carbocycles. The number of amides is 1. The number of carbonyl (C=O) groups is 1. The lowest BCUT2D eigenvalue weighted by Gasteiger charge is -2.13. The Labute approximate surface area is 139 Å². The summed E-state index contributed by atoms with van der Waals surface area (Å²) in [4.78, 5) is 16.2. The maximum absolute atomic E-state index is 12.2. The maximum Gasteiger partial charge on any atom is 0.269 e. The number of aromatic amines is 1. The third kappa shape index (κ3) is 3.45. The van der Waals surface area contributed by atoms with Gasteiger partial charge in [-0.2, -0.15) is 5.10 Å². The minimum Gasteiger partial charge on any atom is -0.497 e. The SMILES string of the molecule is COc1ccc(-c2cc(C(=O)NC[C@H](C)n3ccnc3)[nH]n2)cc1. The van der Waals surface area contributed by atoms with Gasteiger partial charge in [-0.25, -0.2) is 4.98 Å². The summed E-state index contributed by atoms with van der Waals surface area (Å²) in [5.74, 6) is 0.593. The molecule has 2 N–H and O–H groups in total. The number of hydrogen-bond acceptors (Lipinski definition) is 4. The van der Waals surface area contributed by atoms with Crippen LogP contribution in [-0.2, 0) is 0 Å². The number of benzene rings is 1. The predicted octanol–water partition coefficient (Wildman–Crippen LogP) is 2.27. The van der Waals surface area contributed by atoms with Crippen molar-refractivity contribution in [1.29, 1.82) is 0 Å². The third-order valence-corrected chi connectivity index (χ3v) is 3.80. The van der Waals surface area contributed by atoms with Crippen molar-refractivity contribution in [2.75, 3.05) is 13.7 Å². The largest absolute Gasteiger partial charge is 0.497 e. The molecule has 7 heteroatoms. The Morgan fingerprint density at radius 3 is 2.83 bits per heavy atom. The highest BCUT2D eigenvalue weighted by Gasteiger charge is 2.12. The van der Waals surface area contributed by atoms with Crippen LogP contribution in [0, 0.1) is 0 Å². The van der Waals surface area contributed by atoms with Gasteiger partial charge in [-0.15, -0.1) is 0 Å². The highest BCUT2D eigenvalue weighted by atomic mass is 16.5. The Morgan fingerprint density at radius 2 is 2.17 bits per heavy atom. The van der Waals surface area contributed by atoms with E-state index in [9.17, 15) is 4.79 Å². The molecular weight excluding hydrogens is 306 g/mol. The van der Waals surface area contributed by atoms with Crippen molar-refractivity contribution < 1.29 is 9.53 Å². The molecule has 0 bridgehead atoms. The second-order valence-electron chi connectivity index (χ2n) is 5.46. The number of aromatic nitrogens is 4. The topological polar surface area (TPSA) is 84.8 Å². The Bertz CT molecular complexity index is 793. The number of H-pyrrole nitrogens is 1. The molecule has 1 amide bonds. The van der Waals surface area contributed by atoms with Gasteiger partial charge in [-0.05, 0) is 37.3 Å². The highest BCUT2D eigenvalue weighted by molar-refractivity contribution is 5.93. The van der Waals surface area contributed by atoms with Crippen molar-refractivity contribution in [3.63, 3.8) is 0 Å². The molecule has 2 aromatic heterocycles. The van der Waals surface area contributed by atoms with Crippen molar-refractivity contribution >= 4 is 5.91 Å². The minimum absolute atomic E-state index is 0.125. The van der Waals surface area contributed by atoms with Crippen LogP contribution < -0.4 is 10.1 Å². The molecule has 1 atom stereocenters. The van der Waals surface area contributed by atoms with E-state index in [0.29, 0.717) is 17.9 Å². The fraction of sp³-hybridized carbons (Fsp3) is 0.235. The Hall–Kier alpha value is -3.09. The molecule has 0 aliphatic heterocycles. The van der Waals surface area contributed by atoms with Crippen molar-refractivity contribution in [3.8, 4) is 17.0 Å².